The SMILES string of the molecule is C=CC(=O)Cc1cccc(-c2nc(Nc3ccc(OP(C)(=O)O)c(N4CCOCC4)c3)ncc2Cl)c1. The molecule has 188 valence electrons. The van der Waals surface area contributed by atoms with Crippen molar-refractivity contribution in [3.63, 3.8) is 0 Å². The molecule has 1 unspecified atom stereocenters. The fraction of sp³-hybridized carbons (Fsp3) is 0.240. The Bertz CT molecular complexity index is 1320. The molecule has 1 aromatic heterocycles. The molecule has 9 nitrogen and oxygen atoms in total. The summed E-state index contributed by atoms with van der Waals surface area (Å²) >= 11 is 6.41. The quantitative estimate of drug-likeness (QED) is 0.296. The van der Waals surface area contributed by atoms with Crippen LogP contribution in [0.1, 0.15) is 5.56 Å². The summed E-state index contributed by atoms with van der Waals surface area (Å²) in [6.07, 6.45) is 3.05. The van der Waals surface area contributed by atoms with Crippen LogP contribution in [0.25, 0.3) is 11.3 Å². The Hall–Kier alpha value is -3.23. The van der Waals surface area contributed by atoms with Crippen LogP contribution in [0.15, 0.2) is 61.3 Å². The van der Waals surface area contributed by atoms with E-state index in [2.05, 4.69) is 21.9 Å². The van der Waals surface area contributed by atoms with E-state index in [1.165, 1.54) is 12.3 Å². The van der Waals surface area contributed by atoms with E-state index < -0.39 is 7.60 Å². The molecular weight excluding hydrogens is 503 g/mol. The molecule has 1 saturated heterocycles. The number of nitrogens with zero attached hydrogens (tertiary/aromatic N) is 3. The Kier molecular flexibility index (Phi) is 8.06. The molecule has 4 rings (SSSR count). The number of carbonyl (C=O) groups excluding carboxylic acids is 1. The number of morpholine rings is 1. The van der Waals surface area contributed by atoms with E-state index in [9.17, 15) is 14.3 Å². The summed E-state index contributed by atoms with van der Waals surface area (Å²) in [5, 5.41) is 3.54. The molecule has 2 aromatic carbocycles. The minimum Gasteiger partial charge on any atom is -0.422 e. The summed E-state index contributed by atoms with van der Waals surface area (Å²) in [5.41, 5.74) is 3.41. The van der Waals surface area contributed by atoms with E-state index in [0.29, 0.717) is 60.1 Å². The minimum absolute atomic E-state index is 0.0765. The van der Waals surface area contributed by atoms with Gasteiger partial charge >= 0.3 is 7.60 Å². The van der Waals surface area contributed by atoms with Gasteiger partial charge in [-0.2, -0.15) is 0 Å². The number of nitrogens with one attached hydrogen (secondary N) is 1. The van der Waals surface area contributed by atoms with E-state index >= 15 is 0 Å². The summed E-state index contributed by atoms with van der Waals surface area (Å²) in [5.74, 6) is 0.540. The van der Waals surface area contributed by atoms with Gasteiger partial charge in [0.05, 0.1) is 35.8 Å². The number of ether oxygens (including phenoxy) is 1. The largest absolute Gasteiger partial charge is 0.422 e. The standard InChI is InChI=1S/C25H26ClN4O5P/c1-3-20(31)14-17-5-4-6-18(13-17)24-21(26)16-27-25(29-24)28-19-7-8-23(35-36(2,32)33)22(15-19)30-9-11-34-12-10-30/h3-8,13,15-16H,1,9-12,14H2,2H3,(H,32,33)(H,27,28,29). The zero-order valence-electron chi connectivity index (χ0n) is 19.7. The number of allylic oxidation sites excluding steroid dienone is 1. The highest BCUT2D eigenvalue weighted by atomic mass is 35.5. The fourth-order valence-electron chi connectivity index (χ4n) is 3.77. The summed E-state index contributed by atoms with van der Waals surface area (Å²) in [6.45, 7) is 6.98. The highest BCUT2D eigenvalue weighted by Gasteiger charge is 2.21. The fourth-order valence-corrected chi connectivity index (χ4v) is 4.49. The number of aromatic nitrogens is 2. The average Bonchev–Trinajstić information content (AvgIpc) is 2.86. The van der Waals surface area contributed by atoms with Gasteiger partial charge in [-0.1, -0.05) is 36.4 Å². The number of rotatable bonds is 9. The number of benzene rings is 2. The van der Waals surface area contributed by atoms with E-state index in [1.54, 1.807) is 12.1 Å². The zero-order chi connectivity index (χ0) is 25.7. The molecule has 1 fully saturated rings. The molecular formula is C25H26ClN4O5P. The topological polar surface area (TPSA) is 114 Å². The monoisotopic (exact) mass is 528 g/mol. The third kappa shape index (κ3) is 6.71. The van der Waals surface area contributed by atoms with Crippen LogP contribution in [0.4, 0.5) is 17.3 Å². The number of hydrogen-bond acceptors (Lipinski definition) is 8. The third-order valence-corrected chi connectivity index (χ3v) is 6.20. The second-order valence-corrected chi connectivity index (χ2v) is 10.4. The number of ketones is 1. The van der Waals surface area contributed by atoms with Crippen LogP contribution < -0.4 is 14.7 Å². The van der Waals surface area contributed by atoms with Crippen LogP contribution in [0.2, 0.25) is 5.02 Å². The number of halogens is 1. The van der Waals surface area contributed by atoms with Crippen molar-refractivity contribution in [1.82, 2.24) is 9.97 Å². The van der Waals surface area contributed by atoms with Gasteiger partial charge in [0.15, 0.2) is 11.5 Å². The molecule has 11 heteroatoms. The van der Waals surface area contributed by atoms with E-state index in [1.807, 2.05) is 35.2 Å². The molecule has 0 amide bonds. The van der Waals surface area contributed by atoms with Gasteiger partial charge in [0.2, 0.25) is 5.95 Å². The lowest BCUT2D eigenvalue weighted by molar-refractivity contribution is -0.114. The molecule has 3 aromatic rings. The molecule has 0 saturated carbocycles. The van der Waals surface area contributed by atoms with Crippen molar-refractivity contribution in [2.45, 2.75) is 6.42 Å². The lowest BCUT2D eigenvalue weighted by Gasteiger charge is -2.30. The molecule has 0 spiro atoms. The highest BCUT2D eigenvalue weighted by molar-refractivity contribution is 7.52. The predicted octanol–water partition coefficient (Wildman–Crippen LogP) is 4.87. The maximum absolute atomic E-state index is 11.9. The van der Waals surface area contributed by atoms with E-state index in [0.717, 1.165) is 17.8 Å². The maximum atomic E-state index is 11.9. The minimum atomic E-state index is -3.75. The van der Waals surface area contributed by atoms with Gasteiger partial charge in [-0.05, 0) is 35.9 Å². The van der Waals surface area contributed by atoms with Crippen LogP contribution in [0, 0.1) is 0 Å². The van der Waals surface area contributed by atoms with E-state index in [4.69, 9.17) is 20.9 Å². The van der Waals surface area contributed by atoms with Crippen LogP contribution in [-0.2, 0) is 20.5 Å². The Balaban J connectivity index is 1.63. The van der Waals surface area contributed by atoms with Crippen molar-refractivity contribution in [3.05, 3.63) is 71.9 Å². The van der Waals surface area contributed by atoms with Gasteiger partial charge in [-0.15, -0.1) is 0 Å². The summed E-state index contributed by atoms with van der Waals surface area (Å²) in [6, 6.07) is 12.6. The molecule has 1 aliphatic rings. The van der Waals surface area contributed by atoms with Crippen molar-refractivity contribution in [2.24, 2.45) is 0 Å². The van der Waals surface area contributed by atoms with Crippen LogP contribution in [0.3, 0.4) is 0 Å². The Labute approximate surface area is 214 Å². The lowest BCUT2D eigenvalue weighted by Crippen LogP contribution is -2.36. The Morgan fingerprint density at radius 1 is 1.31 bits per heavy atom. The molecule has 0 aliphatic carbocycles. The molecule has 2 heterocycles. The van der Waals surface area contributed by atoms with Crippen molar-refractivity contribution >= 4 is 42.3 Å². The second kappa shape index (κ2) is 11.2. The molecule has 0 bridgehead atoms. The Morgan fingerprint density at radius 2 is 2.08 bits per heavy atom. The van der Waals surface area contributed by atoms with Gasteiger partial charge in [0.25, 0.3) is 0 Å². The van der Waals surface area contributed by atoms with E-state index in [-0.39, 0.29) is 12.2 Å². The molecule has 0 radical (unpaired) electrons. The summed E-state index contributed by atoms with van der Waals surface area (Å²) in [4.78, 5) is 32.5. The van der Waals surface area contributed by atoms with Gasteiger partial charge < -0.3 is 24.4 Å². The normalized spacial score (nSPS) is 15.1. The van der Waals surface area contributed by atoms with Gasteiger partial charge in [0.1, 0.15) is 0 Å². The molecule has 2 N–H and O–H groups in total. The first-order valence-electron chi connectivity index (χ1n) is 11.2. The number of hydrogen-bond donors (Lipinski definition) is 2. The summed E-state index contributed by atoms with van der Waals surface area (Å²) < 4.78 is 22.7. The molecule has 1 aliphatic heterocycles. The van der Waals surface area contributed by atoms with Crippen molar-refractivity contribution in [2.75, 3.05) is 43.2 Å². The van der Waals surface area contributed by atoms with Crippen molar-refractivity contribution in [3.8, 4) is 17.0 Å². The first-order valence-corrected chi connectivity index (χ1v) is 13.6. The van der Waals surface area contributed by atoms with Gasteiger partial charge in [-0.25, -0.2) is 14.5 Å². The van der Waals surface area contributed by atoms with Gasteiger partial charge in [0, 0.05) is 37.4 Å². The van der Waals surface area contributed by atoms with Crippen molar-refractivity contribution in [1.29, 1.82) is 0 Å². The average molecular weight is 529 g/mol. The zero-order valence-corrected chi connectivity index (χ0v) is 21.3. The molecule has 1 atom stereocenters. The Morgan fingerprint density at radius 3 is 2.81 bits per heavy atom. The van der Waals surface area contributed by atoms with Crippen LogP contribution in [0.5, 0.6) is 5.75 Å². The summed E-state index contributed by atoms with van der Waals surface area (Å²) in [7, 11) is -3.75. The lowest BCUT2D eigenvalue weighted by atomic mass is 10.0. The van der Waals surface area contributed by atoms with Gasteiger partial charge in [-0.3, -0.25) is 4.79 Å². The first-order chi connectivity index (χ1) is 17.2. The maximum Gasteiger partial charge on any atom is 0.373 e. The predicted molar refractivity (Wildman–Crippen MR) is 141 cm³/mol. The third-order valence-electron chi connectivity index (χ3n) is 5.39. The first kappa shape index (κ1) is 25.9. The number of anilines is 3. The van der Waals surface area contributed by atoms with Crippen LogP contribution >= 0.6 is 19.2 Å². The molecule has 36 heavy (non-hydrogen) atoms. The number of carbonyl (C=O) groups is 1. The highest BCUT2D eigenvalue weighted by Crippen LogP contribution is 2.44. The van der Waals surface area contributed by atoms with Crippen molar-refractivity contribution < 1.29 is 23.5 Å². The van der Waals surface area contributed by atoms with Crippen LogP contribution in [-0.4, -0.2) is 53.6 Å². The second-order valence-electron chi connectivity index (χ2n) is 8.24. The smallest absolute Gasteiger partial charge is 0.373 e.